The minimum atomic E-state index is -0.166. The molecule has 0 aromatic carbocycles. The van der Waals surface area contributed by atoms with Crippen LogP contribution in [0.4, 0.5) is 0 Å². The molecule has 2 heteroatoms. The molecule has 0 spiro atoms. The van der Waals surface area contributed by atoms with Crippen LogP contribution in [0.15, 0.2) is 12.2 Å². The Kier molecular flexibility index (Phi) is 13.7. The van der Waals surface area contributed by atoms with Crippen molar-refractivity contribution in [3.63, 3.8) is 0 Å². The monoisotopic (exact) mass is 252 g/mol. The van der Waals surface area contributed by atoms with Gasteiger partial charge in [-0.3, -0.25) is 0 Å². The van der Waals surface area contributed by atoms with E-state index < -0.39 is 0 Å². The largest absolute Gasteiger partial charge is 0.352 e. The van der Waals surface area contributed by atoms with E-state index in [4.69, 9.17) is 9.47 Å². The summed E-state index contributed by atoms with van der Waals surface area (Å²) in [6.07, 6.45) is 10.8. The zero-order chi connectivity index (χ0) is 13.5. The Morgan fingerprint density at radius 2 is 1.67 bits per heavy atom. The summed E-state index contributed by atoms with van der Waals surface area (Å²) in [5.41, 5.74) is 0. The lowest BCUT2D eigenvalue weighted by atomic mass is 10.2. The molecule has 0 rings (SSSR count). The first-order chi connectivity index (χ1) is 8.85. The summed E-state index contributed by atoms with van der Waals surface area (Å²) in [7, 11) is 0. The Hall–Kier alpha value is -0.780. The summed E-state index contributed by atoms with van der Waals surface area (Å²) in [4.78, 5) is 0. The van der Waals surface area contributed by atoms with E-state index >= 15 is 0 Å². The molecule has 0 heterocycles. The third-order valence-corrected chi connectivity index (χ3v) is 2.46. The van der Waals surface area contributed by atoms with Gasteiger partial charge in [-0.1, -0.05) is 43.8 Å². The molecular weight excluding hydrogens is 224 g/mol. The highest BCUT2D eigenvalue weighted by Crippen LogP contribution is 2.01. The van der Waals surface area contributed by atoms with Gasteiger partial charge in [-0.05, 0) is 26.7 Å². The Labute approximate surface area is 113 Å². The SMILES string of the molecule is CCCCC/C=C\CC#CCC(OCC)OCC. The van der Waals surface area contributed by atoms with Gasteiger partial charge in [-0.25, -0.2) is 0 Å². The lowest BCUT2D eigenvalue weighted by Gasteiger charge is -2.13. The van der Waals surface area contributed by atoms with E-state index in [-0.39, 0.29) is 6.29 Å². The van der Waals surface area contributed by atoms with Crippen LogP contribution >= 0.6 is 0 Å². The molecule has 0 aliphatic heterocycles. The minimum absolute atomic E-state index is 0.166. The summed E-state index contributed by atoms with van der Waals surface area (Å²) in [6.45, 7) is 7.51. The van der Waals surface area contributed by atoms with E-state index in [9.17, 15) is 0 Å². The molecule has 0 fully saturated rings. The summed E-state index contributed by atoms with van der Waals surface area (Å²) in [5, 5.41) is 0. The maximum atomic E-state index is 5.41. The van der Waals surface area contributed by atoms with Crippen molar-refractivity contribution in [2.24, 2.45) is 0 Å². The number of hydrogen-bond donors (Lipinski definition) is 0. The predicted octanol–water partition coefficient (Wildman–Crippen LogP) is 4.31. The molecule has 0 saturated heterocycles. The number of unbranched alkanes of at least 4 members (excludes halogenated alkanes) is 3. The molecule has 0 bridgehead atoms. The number of ether oxygens (including phenoxy) is 2. The van der Waals surface area contributed by atoms with Crippen LogP contribution in [-0.2, 0) is 9.47 Å². The highest BCUT2D eigenvalue weighted by Gasteiger charge is 2.03. The van der Waals surface area contributed by atoms with Gasteiger partial charge < -0.3 is 9.47 Å². The lowest BCUT2D eigenvalue weighted by molar-refractivity contribution is -0.131. The van der Waals surface area contributed by atoms with Crippen LogP contribution in [0.2, 0.25) is 0 Å². The number of rotatable bonds is 10. The van der Waals surface area contributed by atoms with E-state index in [0.717, 1.165) is 6.42 Å². The quantitative estimate of drug-likeness (QED) is 0.250. The second kappa shape index (κ2) is 14.3. The molecule has 0 saturated carbocycles. The van der Waals surface area contributed by atoms with Gasteiger partial charge in [0, 0.05) is 19.6 Å². The molecular formula is C16H28O2. The van der Waals surface area contributed by atoms with Crippen molar-refractivity contribution in [3.8, 4) is 11.8 Å². The van der Waals surface area contributed by atoms with Gasteiger partial charge in [-0.15, -0.1) is 0 Å². The van der Waals surface area contributed by atoms with Gasteiger partial charge in [0.2, 0.25) is 0 Å². The van der Waals surface area contributed by atoms with Crippen LogP contribution in [0.5, 0.6) is 0 Å². The van der Waals surface area contributed by atoms with Crippen LogP contribution in [0, 0.1) is 11.8 Å². The Balaban J connectivity index is 3.62. The first-order valence-corrected chi connectivity index (χ1v) is 7.19. The molecule has 0 radical (unpaired) electrons. The summed E-state index contributed by atoms with van der Waals surface area (Å²) < 4.78 is 10.8. The molecule has 18 heavy (non-hydrogen) atoms. The Bertz CT molecular complexity index is 242. The third-order valence-electron chi connectivity index (χ3n) is 2.46. The highest BCUT2D eigenvalue weighted by atomic mass is 16.7. The maximum Gasteiger partial charge on any atom is 0.168 e. The van der Waals surface area contributed by atoms with Crippen LogP contribution in [0.3, 0.4) is 0 Å². The number of hydrogen-bond acceptors (Lipinski definition) is 2. The normalized spacial score (nSPS) is 10.9. The molecule has 0 aliphatic carbocycles. The average molecular weight is 252 g/mol. The van der Waals surface area contributed by atoms with Crippen molar-refractivity contribution in [2.75, 3.05) is 13.2 Å². The van der Waals surface area contributed by atoms with Crippen LogP contribution in [0.1, 0.15) is 59.3 Å². The molecule has 0 atom stereocenters. The third kappa shape index (κ3) is 11.7. The van der Waals surface area contributed by atoms with Gasteiger partial charge in [0.05, 0.1) is 6.42 Å². The molecule has 0 aromatic rings. The second-order valence-corrected chi connectivity index (χ2v) is 4.07. The Morgan fingerprint density at radius 3 is 2.28 bits per heavy atom. The van der Waals surface area contributed by atoms with Gasteiger partial charge in [0.15, 0.2) is 6.29 Å². The van der Waals surface area contributed by atoms with E-state index in [1.165, 1.54) is 25.7 Å². The zero-order valence-electron chi connectivity index (χ0n) is 12.2. The first kappa shape index (κ1) is 17.2. The molecule has 0 amide bonds. The fraction of sp³-hybridized carbons (Fsp3) is 0.750. The molecule has 0 unspecified atom stereocenters. The van der Waals surface area contributed by atoms with E-state index in [1.54, 1.807) is 0 Å². The minimum Gasteiger partial charge on any atom is -0.352 e. The van der Waals surface area contributed by atoms with Crippen molar-refractivity contribution >= 4 is 0 Å². The highest BCUT2D eigenvalue weighted by molar-refractivity contribution is 5.05. The fourth-order valence-corrected chi connectivity index (χ4v) is 1.54. The van der Waals surface area contributed by atoms with Crippen molar-refractivity contribution in [1.82, 2.24) is 0 Å². The standard InChI is InChI=1S/C16H28O2/c1-4-7-8-9-10-11-12-13-14-15-16(17-5-2)18-6-3/h10-11,16H,4-9,12,15H2,1-3H3/b11-10-. The van der Waals surface area contributed by atoms with Gasteiger partial charge in [-0.2, -0.15) is 0 Å². The van der Waals surface area contributed by atoms with Crippen LogP contribution in [-0.4, -0.2) is 19.5 Å². The second-order valence-electron chi connectivity index (χ2n) is 4.07. The predicted molar refractivity (Wildman–Crippen MR) is 77.3 cm³/mol. The lowest BCUT2D eigenvalue weighted by Crippen LogP contribution is -2.16. The smallest absolute Gasteiger partial charge is 0.168 e. The molecule has 0 N–H and O–H groups in total. The van der Waals surface area contributed by atoms with Crippen molar-refractivity contribution in [3.05, 3.63) is 12.2 Å². The summed E-state index contributed by atoms with van der Waals surface area (Å²) in [5.74, 6) is 6.23. The molecule has 0 aromatic heterocycles. The van der Waals surface area contributed by atoms with Gasteiger partial charge in [0.1, 0.15) is 0 Å². The topological polar surface area (TPSA) is 18.5 Å². The maximum absolute atomic E-state index is 5.41. The van der Waals surface area contributed by atoms with Crippen molar-refractivity contribution in [1.29, 1.82) is 0 Å². The first-order valence-electron chi connectivity index (χ1n) is 7.19. The number of allylic oxidation sites excluding steroid dienone is 2. The zero-order valence-corrected chi connectivity index (χ0v) is 12.2. The molecule has 2 nitrogen and oxygen atoms in total. The average Bonchev–Trinajstić information content (AvgIpc) is 2.37. The van der Waals surface area contributed by atoms with Crippen molar-refractivity contribution < 1.29 is 9.47 Å². The van der Waals surface area contributed by atoms with Crippen LogP contribution < -0.4 is 0 Å². The van der Waals surface area contributed by atoms with Crippen molar-refractivity contribution in [2.45, 2.75) is 65.6 Å². The van der Waals surface area contributed by atoms with Gasteiger partial charge >= 0.3 is 0 Å². The molecule has 0 aliphatic rings. The van der Waals surface area contributed by atoms with E-state index in [2.05, 4.69) is 30.9 Å². The molecule has 104 valence electrons. The van der Waals surface area contributed by atoms with E-state index in [0.29, 0.717) is 19.6 Å². The van der Waals surface area contributed by atoms with Gasteiger partial charge in [0.25, 0.3) is 0 Å². The summed E-state index contributed by atoms with van der Waals surface area (Å²) >= 11 is 0. The fourth-order valence-electron chi connectivity index (χ4n) is 1.54. The van der Waals surface area contributed by atoms with E-state index in [1.807, 2.05) is 13.8 Å². The van der Waals surface area contributed by atoms with Crippen LogP contribution in [0.25, 0.3) is 0 Å². The Morgan fingerprint density at radius 1 is 0.944 bits per heavy atom. The summed E-state index contributed by atoms with van der Waals surface area (Å²) in [6, 6.07) is 0.